The van der Waals surface area contributed by atoms with Crippen LogP contribution in [0.1, 0.15) is 29.9 Å². The molecule has 1 saturated heterocycles. The Hall–Kier alpha value is -2.80. The second-order valence-corrected chi connectivity index (χ2v) is 8.51. The minimum Gasteiger partial charge on any atom is -0.493 e. The molecule has 31 heavy (non-hydrogen) atoms. The largest absolute Gasteiger partial charge is 0.493 e. The first-order valence-corrected chi connectivity index (χ1v) is 11.1. The van der Waals surface area contributed by atoms with E-state index in [1.807, 2.05) is 48.5 Å². The highest BCUT2D eigenvalue weighted by molar-refractivity contribution is 7.80. The van der Waals surface area contributed by atoms with Crippen molar-refractivity contribution >= 4 is 23.2 Å². The third-order valence-corrected chi connectivity index (χ3v) is 6.37. The van der Waals surface area contributed by atoms with Crippen molar-refractivity contribution in [2.45, 2.75) is 31.3 Å². The Kier molecular flexibility index (Phi) is 6.61. The van der Waals surface area contributed by atoms with Crippen LogP contribution in [0.4, 0.5) is 0 Å². The molecule has 0 spiro atoms. The van der Waals surface area contributed by atoms with Crippen molar-refractivity contribution in [2.75, 3.05) is 27.3 Å². The van der Waals surface area contributed by atoms with Crippen LogP contribution in [-0.2, 0) is 11.3 Å². The SMILES string of the molecule is COc1cccc(C2CN(C(=S)NC3CC3)CC2C(=O)NCc2ccccc2)c1OC. The molecular formula is C24H29N3O3S. The van der Waals surface area contributed by atoms with Crippen molar-refractivity contribution in [1.29, 1.82) is 0 Å². The number of carbonyl (C=O) groups is 1. The minimum atomic E-state index is -0.247. The molecule has 2 aromatic carbocycles. The van der Waals surface area contributed by atoms with Crippen molar-refractivity contribution in [2.24, 2.45) is 5.92 Å². The fourth-order valence-electron chi connectivity index (χ4n) is 4.16. The van der Waals surface area contributed by atoms with Gasteiger partial charge in [0, 0.05) is 37.2 Å². The number of para-hydroxylation sites is 1. The lowest BCUT2D eigenvalue weighted by Gasteiger charge is -2.22. The number of likely N-dealkylation sites (tertiary alicyclic amines) is 1. The van der Waals surface area contributed by atoms with Crippen molar-refractivity contribution < 1.29 is 14.3 Å². The molecule has 2 aromatic rings. The number of nitrogens with zero attached hydrogens (tertiary/aromatic N) is 1. The summed E-state index contributed by atoms with van der Waals surface area (Å²) in [5.41, 5.74) is 2.05. The van der Waals surface area contributed by atoms with Crippen molar-refractivity contribution in [1.82, 2.24) is 15.5 Å². The normalized spacial score (nSPS) is 20.3. The van der Waals surface area contributed by atoms with Crippen LogP contribution in [0.5, 0.6) is 11.5 Å². The zero-order valence-corrected chi connectivity index (χ0v) is 18.8. The van der Waals surface area contributed by atoms with Crippen LogP contribution in [0.25, 0.3) is 0 Å². The fourth-order valence-corrected chi connectivity index (χ4v) is 4.48. The molecule has 0 aromatic heterocycles. The monoisotopic (exact) mass is 439 g/mol. The van der Waals surface area contributed by atoms with Crippen LogP contribution in [0.3, 0.4) is 0 Å². The topological polar surface area (TPSA) is 62.8 Å². The Bertz CT molecular complexity index is 933. The lowest BCUT2D eigenvalue weighted by atomic mass is 9.87. The molecule has 0 radical (unpaired) electrons. The third kappa shape index (κ3) is 4.93. The smallest absolute Gasteiger partial charge is 0.225 e. The van der Waals surface area contributed by atoms with Crippen LogP contribution in [0.15, 0.2) is 48.5 Å². The number of hydrogen-bond donors (Lipinski definition) is 2. The van der Waals surface area contributed by atoms with E-state index in [4.69, 9.17) is 21.7 Å². The summed E-state index contributed by atoms with van der Waals surface area (Å²) in [6, 6.07) is 16.3. The number of hydrogen-bond acceptors (Lipinski definition) is 4. The molecule has 1 aliphatic heterocycles. The highest BCUT2D eigenvalue weighted by Crippen LogP contribution is 2.42. The predicted molar refractivity (Wildman–Crippen MR) is 124 cm³/mol. The summed E-state index contributed by atoms with van der Waals surface area (Å²) >= 11 is 5.65. The van der Waals surface area contributed by atoms with Crippen LogP contribution in [0.2, 0.25) is 0 Å². The van der Waals surface area contributed by atoms with Crippen LogP contribution < -0.4 is 20.1 Å². The lowest BCUT2D eigenvalue weighted by Crippen LogP contribution is -2.40. The molecule has 4 rings (SSSR count). The van der Waals surface area contributed by atoms with Gasteiger partial charge in [-0.05, 0) is 36.7 Å². The van der Waals surface area contributed by atoms with Crippen LogP contribution in [0, 0.1) is 5.92 Å². The summed E-state index contributed by atoms with van der Waals surface area (Å²) < 4.78 is 11.2. The number of nitrogens with one attached hydrogen (secondary N) is 2. The zero-order chi connectivity index (χ0) is 21.8. The van der Waals surface area contributed by atoms with Gasteiger partial charge in [0.25, 0.3) is 0 Å². The van der Waals surface area contributed by atoms with E-state index in [0.29, 0.717) is 37.2 Å². The predicted octanol–water partition coefficient (Wildman–Crippen LogP) is 3.07. The van der Waals surface area contributed by atoms with Crippen LogP contribution in [-0.4, -0.2) is 49.3 Å². The molecule has 1 heterocycles. The average Bonchev–Trinajstić information content (AvgIpc) is 3.51. The number of thiocarbonyl (C=S) groups is 1. The molecule has 2 aliphatic rings. The van der Waals surface area contributed by atoms with Gasteiger partial charge in [0.2, 0.25) is 5.91 Å². The summed E-state index contributed by atoms with van der Waals surface area (Å²) in [4.78, 5) is 15.4. The Balaban J connectivity index is 1.56. The molecule has 6 nitrogen and oxygen atoms in total. The van der Waals surface area contributed by atoms with Gasteiger partial charge in [-0.25, -0.2) is 0 Å². The Morgan fingerprint density at radius 2 is 1.84 bits per heavy atom. The Morgan fingerprint density at radius 3 is 2.52 bits per heavy atom. The summed E-state index contributed by atoms with van der Waals surface area (Å²) in [6.45, 7) is 1.73. The average molecular weight is 440 g/mol. The number of carbonyl (C=O) groups excluding carboxylic acids is 1. The summed E-state index contributed by atoms with van der Waals surface area (Å²) in [5.74, 6) is 1.07. The second kappa shape index (κ2) is 9.56. The third-order valence-electron chi connectivity index (χ3n) is 5.99. The maximum Gasteiger partial charge on any atom is 0.225 e. The van der Waals surface area contributed by atoms with Gasteiger partial charge in [-0.2, -0.15) is 0 Å². The first kappa shape index (κ1) is 21.4. The zero-order valence-electron chi connectivity index (χ0n) is 18.0. The van der Waals surface area contributed by atoms with Gasteiger partial charge in [-0.15, -0.1) is 0 Å². The van der Waals surface area contributed by atoms with Crippen molar-refractivity contribution in [3.8, 4) is 11.5 Å². The van der Waals surface area contributed by atoms with E-state index in [1.165, 1.54) is 0 Å². The Morgan fingerprint density at radius 1 is 1.06 bits per heavy atom. The van der Waals surface area contributed by atoms with Gasteiger partial charge in [0.1, 0.15) is 0 Å². The molecule has 1 amide bonds. The van der Waals surface area contributed by atoms with Gasteiger partial charge in [-0.1, -0.05) is 42.5 Å². The molecular weight excluding hydrogens is 410 g/mol. The highest BCUT2D eigenvalue weighted by atomic mass is 32.1. The fraction of sp³-hybridized carbons (Fsp3) is 0.417. The van der Waals surface area contributed by atoms with E-state index in [0.717, 1.165) is 29.1 Å². The molecule has 2 atom stereocenters. The molecule has 2 unspecified atom stereocenters. The summed E-state index contributed by atoms with van der Waals surface area (Å²) in [5, 5.41) is 7.25. The van der Waals surface area contributed by atoms with E-state index in [-0.39, 0.29) is 17.7 Å². The van der Waals surface area contributed by atoms with Crippen molar-refractivity contribution in [3.05, 3.63) is 59.7 Å². The van der Waals surface area contributed by atoms with Gasteiger partial charge in [-0.3, -0.25) is 4.79 Å². The number of ether oxygens (including phenoxy) is 2. The molecule has 2 N–H and O–H groups in total. The van der Waals surface area contributed by atoms with E-state index in [2.05, 4.69) is 15.5 Å². The van der Waals surface area contributed by atoms with E-state index in [9.17, 15) is 4.79 Å². The molecule has 164 valence electrons. The summed E-state index contributed by atoms with van der Waals surface area (Å²) in [6.07, 6.45) is 2.31. The molecule has 7 heteroatoms. The first-order chi connectivity index (χ1) is 15.1. The quantitative estimate of drug-likeness (QED) is 0.647. The number of rotatable bonds is 7. The molecule has 1 saturated carbocycles. The lowest BCUT2D eigenvalue weighted by molar-refractivity contribution is -0.125. The number of amides is 1. The van der Waals surface area contributed by atoms with Crippen molar-refractivity contribution in [3.63, 3.8) is 0 Å². The number of benzene rings is 2. The number of methoxy groups -OCH3 is 2. The van der Waals surface area contributed by atoms with E-state index < -0.39 is 0 Å². The molecule has 2 fully saturated rings. The van der Waals surface area contributed by atoms with Gasteiger partial charge in [0.05, 0.1) is 20.1 Å². The van der Waals surface area contributed by atoms with E-state index in [1.54, 1.807) is 14.2 Å². The second-order valence-electron chi connectivity index (χ2n) is 8.13. The maximum absolute atomic E-state index is 13.3. The first-order valence-electron chi connectivity index (χ1n) is 10.7. The Labute approximate surface area is 188 Å². The van der Waals surface area contributed by atoms with Gasteiger partial charge in [0.15, 0.2) is 16.6 Å². The summed E-state index contributed by atoms with van der Waals surface area (Å²) in [7, 11) is 3.26. The van der Waals surface area contributed by atoms with Gasteiger partial charge < -0.3 is 25.0 Å². The van der Waals surface area contributed by atoms with Crippen LogP contribution >= 0.6 is 12.2 Å². The maximum atomic E-state index is 13.3. The molecule has 1 aliphatic carbocycles. The highest BCUT2D eigenvalue weighted by Gasteiger charge is 2.41. The standard InChI is InChI=1S/C24H29N3O3S/c1-29-21-10-6-9-18(22(21)30-2)19-14-27(24(31)26-17-11-12-17)15-20(19)23(28)25-13-16-7-4-3-5-8-16/h3-10,17,19-20H,11-15H2,1-2H3,(H,25,28)(H,26,31). The molecule has 0 bridgehead atoms. The minimum absolute atomic E-state index is 0.0236. The van der Waals surface area contributed by atoms with Gasteiger partial charge >= 0.3 is 0 Å². The van der Waals surface area contributed by atoms with E-state index >= 15 is 0 Å².